The van der Waals surface area contributed by atoms with Crippen molar-refractivity contribution in [3.63, 3.8) is 0 Å². The molecule has 170 valence electrons. The van der Waals surface area contributed by atoms with E-state index in [1.807, 2.05) is 23.9 Å². The smallest absolute Gasteiger partial charge is 0.305 e. The summed E-state index contributed by atoms with van der Waals surface area (Å²) in [5.74, 6) is 0.0862. The summed E-state index contributed by atoms with van der Waals surface area (Å²) in [4.78, 5) is 42.8. The first-order valence-electron chi connectivity index (χ1n) is 10.3. The number of nitrogens with one attached hydrogen (secondary N) is 2. The molecule has 1 fully saturated rings. The Bertz CT molecular complexity index is 964. The number of carboxylic acid groups (broad SMARTS) is 1. The van der Waals surface area contributed by atoms with Crippen molar-refractivity contribution in [2.24, 2.45) is 5.73 Å². The molecule has 1 aromatic carbocycles. The molecular weight excluding hydrogens is 430 g/mol. The van der Waals surface area contributed by atoms with Gasteiger partial charge in [0.1, 0.15) is 0 Å². The molecule has 5 N–H and O–H groups in total. The van der Waals surface area contributed by atoms with Gasteiger partial charge in [0.25, 0.3) is 5.91 Å². The van der Waals surface area contributed by atoms with Crippen molar-refractivity contribution in [3.05, 3.63) is 53.9 Å². The zero-order valence-corrected chi connectivity index (χ0v) is 18.6. The van der Waals surface area contributed by atoms with E-state index in [0.29, 0.717) is 16.8 Å². The highest BCUT2D eigenvalue weighted by atomic mass is 32.2. The number of rotatable bonds is 8. The Labute approximate surface area is 190 Å². The number of amides is 2. The number of hydrogen-bond acceptors (Lipinski definition) is 7. The molecular formula is C22H27N5O4S. The molecule has 2 heterocycles. The molecule has 32 heavy (non-hydrogen) atoms. The predicted octanol–water partition coefficient (Wildman–Crippen LogP) is 1.87. The van der Waals surface area contributed by atoms with E-state index < -0.39 is 24.0 Å². The molecule has 1 saturated heterocycles. The van der Waals surface area contributed by atoms with Gasteiger partial charge in [-0.25, -0.2) is 0 Å². The van der Waals surface area contributed by atoms with Gasteiger partial charge in [0.15, 0.2) is 0 Å². The van der Waals surface area contributed by atoms with Crippen molar-refractivity contribution < 1.29 is 19.5 Å². The van der Waals surface area contributed by atoms with E-state index >= 15 is 0 Å². The van der Waals surface area contributed by atoms with Gasteiger partial charge in [0, 0.05) is 59.5 Å². The molecule has 2 amide bonds. The van der Waals surface area contributed by atoms with E-state index in [1.54, 1.807) is 18.2 Å². The molecule has 0 saturated carbocycles. The number of anilines is 2. The fourth-order valence-corrected chi connectivity index (χ4v) is 4.29. The van der Waals surface area contributed by atoms with E-state index in [1.165, 1.54) is 19.3 Å². The van der Waals surface area contributed by atoms with Crippen molar-refractivity contribution in [1.29, 1.82) is 0 Å². The molecule has 0 radical (unpaired) electrons. The fraction of sp³-hybridized carbons (Fsp3) is 0.364. The molecule has 0 aliphatic carbocycles. The lowest BCUT2D eigenvalue weighted by molar-refractivity contribution is -0.137. The average Bonchev–Trinajstić information content (AvgIpc) is 2.79. The molecule has 1 aliphatic heterocycles. The van der Waals surface area contributed by atoms with Gasteiger partial charge in [-0.1, -0.05) is 0 Å². The first kappa shape index (κ1) is 23.6. The number of aliphatic carboxylic acids is 1. The largest absolute Gasteiger partial charge is 0.481 e. The maximum Gasteiger partial charge on any atom is 0.305 e. The highest BCUT2D eigenvalue weighted by Crippen LogP contribution is 2.32. The Morgan fingerprint density at radius 3 is 2.50 bits per heavy atom. The highest BCUT2D eigenvalue weighted by Gasteiger charge is 2.25. The van der Waals surface area contributed by atoms with Crippen molar-refractivity contribution in [1.82, 2.24) is 10.3 Å². The lowest BCUT2D eigenvalue weighted by Gasteiger charge is -2.30. The predicted molar refractivity (Wildman–Crippen MR) is 125 cm³/mol. The molecule has 0 bridgehead atoms. The Morgan fingerprint density at radius 1 is 1.19 bits per heavy atom. The van der Waals surface area contributed by atoms with Crippen LogP contribution >= 0.6 is 11.8 Å². The lowest BCUT2D eigenvalue weighted by atomic mass is 9.99. The number of carbonyl (C=O) groups excluding carboxylic acids is 2. The van der Waals surface area contributed by atoms with E-state index in [-0.39, 0.29) is 12.3 Å². The summed E-state index contributed by atoms with van der Waals surface area (Å²) in [6, 6.07) is 6.99. The zero-order valence-electron chi connectivity index (χ0n) is 17.8. The number of nitrogens with two attached hydrogens (primary N) is 1. The van der Waals surface area contributed by atoms with E-state index in [0.717, 1.165) is 30.3 Å². The molecule has 9 nitrogen and oxygen atoms in total. The molecule has 3 rings (SSSR count). The van der Waals surface area contributed by atoms with Gasteiger partial charge >= 0.3 is 5.97 Å². The van der Waals surface area contributed by atoms with Crippen LogP contribution in [0, 0.1) is 0 Å². The summed E-state index contributed by atoms with van der Waals surface area (Å²) in [6.07, 6.45) is 2.68. The fourth-order valence-electron chi connectivity index (χ4n) is 3.38. The number of hydrogen-bond donors (Lipinski definition) is 4. The zero-order chi connectivity index (χ0) is 23.1. The summed E-state index contributed by atoms with van der Waals surface area (Å²) < 4.78 is 0. The van der Waals surface area contributed by atoms with Gasteiger partial charge in [-0.3, -0.25) is 19.4 Å². The number of thioether (sulfide) groups is 1. The Kier molecular flexibility index (Phi) is 8.07. The molecule has 0 spiro atoms. The Balaban J connectivity index is 1.99. The minimum atomic E-state index is -1.08. The Hall–Kier alpha value is -3.11. The minimum absolute atomic E-state index is 0.351. The van der Waals surface area contributed by atoms with E-state index in [9.17, 15) is 19.5 Å². The molecule has 2 aromatic rings. The molecule has 2 atom stereocenters. The molecule has 1 aliphatic rings. The topological polar surface area (TPSA) is 138 Å². The lowest BCUT2D eigenvalue weighted by Crippen LogP contribution is -2.41. The summed E-state index contributed by atoms with van der Waals surface area (Å²) in [5, 5.41) is 15.0. The first-order valence-corrected chi connectivity index (χ1v) is 11.5. The second kappa shape index (κ2) is 11.0. The number of carbonyl (C=O) groups is 3. The van der Waals surface area contributed by atoms with Crippen molar-refractivity contribution in [2.75, 3.05) is 34.8 Å². The van der Waals surface area contributed by atoms with Crippen LogP contribution in [0.15, 0.2) is 42.7 Å². The van der Waals surface area contributed by atoms with E-state index in [4.69, 9.17) is 5.73 Å². The quantitative estimate of drug-likeness (QED) is 0.471. The van der Waals surface area contributed by atoms with Gasteiger partial charge in [-0.2, -0.15) is 11.8 Å². The number of nitrogens with zero attached hydrogens (tertiary/aromatic N) is 2. The van der Waals surface area contributed by atoms with Gasteiger partial charge < -0.3 is 26.4 Å². The second-order valence-electron chi connectivity index (χ2n) is 7.51. The van der Waals surface area contributed by atoms with Gasteiger partial charge in [-0.15, -0.1) is 0 Å². The van der Waals surface area contributed by atoms with Crippen LogP contribution in [-0.2, 0) is 9.59 Å². The van der Waals surface area contributed by atoms with Crippen molar-refractivity contribution >= 4 is 40.9 Å². The first-order chi connectivity index (χ1) is 15.3. The van der Waals surface area contributed by atoms with Crippen molar-refractivity contribution in [2.45, 2.75) is 25.4 Å². The highest BCUT2D eigenvalue weighted by molar-refractivity contribution is 7.99. The van der Waals surface area contributed by atoms with Crippen LogP contribution in [0.1, 0.15) is 35.3 Å². The van der Waals surface area contributed by atoms with Crippen LogP contribution in [0.2, 0.25) is 0 Å². The van der Waals surface area contributed by atoms with Crippen LogP contribution in [0.5, 0.6) is 0 Å². The maximum absolute atomic E-state index is 12.8. The standard InChI is InChI=1S/C22H27N5O4S/c1-14(23)21(30)26-19(13-20(28)29)17-12-16(27-8-10-32-11-9-27)2-3-18(17)25-22(31)15-4-6-24-7-5-15/h2-7,12,14,19H,8-11,13,23H2,1H3,(H,25,31)(H,26,30)(H,28,29)/t14-,19?/m0/s1. The molecule has 1 unspecified atom stereocenters. The van der Waals surface area contributed by atoms with Gasteiger partial charge in [0.05, 0.1) is 18.5 Å². The maximum atomic E-state index is 12.8. The van der Waals surface area contributed by atoms with Crippen LogP contribution in [0.4, 0.5) is 11.4 Å². The normalized spacial score (nSPS) is 15.5. The van der Waals surface area contributed by atoms with Gasteiger partial charge in [0.2, 0.25) is 5.91 Å². The molecule has 10 heteroatoms. The number of benzene rings is 1. The monoisotopic (exact) mass is 457 g/mol. The third-order valence-corrected chi connectivity index (χ3v) is 6.03. The van der Waals surface area contributed by atoms with Crippen LogP contribution in [-0.4, -0.2) is 58.5 Å². The number of carboxylic acids is 1. The SMILES string of the molecule is C[C@H](N)C(=O)NC(CC(=O)O)c1cc(N2CCSCC2)ccc1NC(=O)c1ccncc1. The van der Waals surface area contributed by atoms with Gasteiger partial charge in [-0.05, 0) is 37.3 Å². The van der Waals surface area contributed by atoms with E-state index in [2.05, 4.69) is 20.5 Å². The number of aromatic nitrogens is 1. The van der Waals surface area contributed by atoms with Crippen LogP contribution in [0.3, 0.4) is 0 Å². The third kappa shape index (κ3) is 6.21. The minimum Gasteiger partial charge on any atom is -0.481 e. The second-order valence-corrected chi connectivity index (χ2v) is 8.73. The Morgan fingerprint density at radius 2 is 1.88 bits per heavy atom. The summed E-state index contributed by atoms with van der Waals surface area (Å²) >= 11 is 1.88. The third-order valence-electron chi connectivity index (χ3n) is 5.09. The summed E-state index contributed by atoms with van der Waals surface area (Å²) in [5.41, 5.74) is 7.96. The molecule has 1 aromatic heterocycles. The number of pyridine rings is 1. The van der Waals surface area contributed by atoms with Crippen LogP contribution in [0.25, 0.3) is 0 Å². The summed E-state index contributed by atoms with van der Waals surface area (Å²) in [7, 11) is 0. The summed E-state index contributed by atoms with van der Waals surface area (Å²) in [6.45, 7) is 3.26. The van der Waals surface area contributed by atoms with Crippen molar-refractivity contribution in [3.8, 4) is 0 Å². The average molecular weight is 458 g/mol. The van der Waals surface area contributed by atoms with Crippen LogP contribution < -0.4 is 21.3 Å².